The molecule has 2 aromatic rings. The maximum Gasteiger partial charge on any atom is 0.259 e. The van der Waals surface area contributed by atoms with Gasteiger partial charge in [0.25, 0.3) is 11.8 Å². The van der Waals surface area contributed by atoms with E-state index in [1.807, 2.05) is 19.9 Å². The lowest BCUT2D eigenvalue weighted by Gasteiger charge is -2.37. The van der Waals surface area contributed by atoms with Crippen LogP contribution in [0.4, 0.5) is 0 Å². The number of benzene rings is 1. The number of rotatable bonds is 6. The van der Waals surface area contributed by atoms with Crippen LogP contribution in [-0.2, 0) is 0 Å². The number of carbonyl (C=O) groups excluding carboxylic acids is 2. The normalized spacial score (nSPS) is 21.5. The summed E-state index contributed by atoms with van der Waals surface area (Å²) in [5.74, 6) is 0.915. The van der Waals surface area contributed by atoms with Gasteiger partial charge in [0.2, 0.25) is 12.7 Å². The lowest BCUT2D eigenvalue weighted by atomic mass is 9.93. The molecule has 202 valence electrons. The van der Waals surface area contributed by atoms with Gasteiger partial charge in [-0.05, 0) is 68.0 Å². The molecular weight excluding hydrogens is 486 g/mol. The highest BCUT2D eigenvalue weighted by atomic mass is 16.7. The number of allylic oxidation sites excluding steroid dienone is 2. The Labute approximate surface area is 223 Å². The molecule has 9 heteroatoms. The lowest BCUT2D eigenvalue weighted by molar-refractivity contribution is 0.0313. The molecule has 0 fully saturated rings. The number of carbonyl (C=O) groups is 2. The fraction of sp³-hybridized carbons (Fsp3) is 0.483. The molecule has 2 amide bonds. The largest absolute Gasteiger partial charge is 0.472 e. The first-order chi connectivity index (χ1) is 18.4. The monoisotopic (exact) mass is 521 g/mol. The predicted octanol–water partition coefficient (Wildman–Crippen LogP) is 3.76. The minimum atomic E-state index is -0.426. The van der Waals surface area contributed by atoms with Crippen LogP contribution >= 0.6 is 0 Å². The number of hydrogen-bond acceptors (Lipinski definition) is 7. The molecule has 5 rings (SSSR count). The van der Waals surface area contributed by atoms with Crippen molar-refractivity contribution in [2.45, 2.75) is 51.7 Å². The molecule has 2 aliphatic heterocycles. The molecule has 1 aliphatic carbocycles. The summed E-state index contributed by atoms with van der Waals surface area (Å²) in [5.41, 5.74) is 3.00. The van der Waals surface area contributed by atoms with Crippen molar-refractivity contribution in [3.63, 3.8) is 0 Å². The maximum absolute atomic E-state index is 13.7. The average molecular weight is 522 g/mol. The number of hydrogen-bond donors (Lipinski definition) is 1. The maximum atomic E-state index is 13.7. The Balaban J connectivity index is 1.42. The molecule has 0 saturated heterocycles. The van der Waals surface area contributed by atoms with E-state index in [1.54, 1.807) is 41.2 Å². The van der Waals surface area contributed by atoms with E-state index in [1.165, 1.54) is 12.0 Å². The summed E-state index contributed by atoms with van der Waals surface area (Å²) in [6.07, 6.45) is 7.83. The van der Waals surface area contributed by atoms with Gasteiger partial charge in [0.1, 0.15) is 11.7 Å². The van der Waals surface area contributed by atoms with Gasteiger partial charge in [-0.25, -0.2) is 4.98 Å². The van der Waals surface area contributed by atoms with Crippen molar-refractivity contribution in [2.24, 2.45) is 5.92 Å². The molecule has 0 bridgehead atoms. The number of nitrogens with zero attached hydrogens (tertiary/aromatic N) is 3. The molecule has 0 unspecified atom stereocenters. The zero-order valence-corrected chi connectivity index (χ0v) is 22.2. The first kappa shape index (κ1) is 26.0. The van der Waals surface area contributed by atoms with Crippen molar-refractivity contribution < 1.29 is 28.9 Å². The van der Waals surface area contributed by atoms with E-state index < -0.39 is 6.10 Å². The van der Waals surface area contributed by atoms with Gasteiger partial charge < -0.3 is 29.1 Å². The average Bonchev–Trinajstić information content (AvgIpc) is 3.42. The van der Waals surface area contributed by atoms with E-state index in [2.05, 4.69) is 11.1 Å². The van der Waals surface area contributed by atoms with Crippen LogP contribution in [0.2, 0.25) is 0 Å². The number of aliphatic hydroxyl groups excluding tert-OH is 1. The van der Waals surface area contributed by atoms with Crippen LogP contribution in [0.3, 0.4) is 0 Å². The van der Waals surface area contributed by atoms with Crippen molar-refractivity contribution in [3.8, 4) is 17.4 Å². The highest BCUT2D eigenvalue weighted by Gasteiger charge is 2.35. The third kappa shape index (κ3) is 5.20. The van der Waals surface area contributed by atoms with Gasteiger partial charge in [-0.1, -0.05) is 13.0 Å². The summed E-state index contributed by atoms with van der Waals surface area (Å²) in [6.45, 7) is 4.48. The van der Waals surface area contributed by atoms with Gasteiger partial charge in [-0.15, -0.1) is 0 Å². The van der Waals surface area contributed by atoms with Crippen molar-refractivity contribution in [2.75, 3.05) is 33.5 Å². The Morgan fingerprint density at radius 2 is 2.05 bits per heavy atom. The third-order valence-electron chi connectivity index (χ3n) is 7.60. The fourth-order valence-electron chi connectivity index (χ4n) is 5.20. The van der Waals surface area contributed by atoms with E-state index in [0.29, 0.717) is 29.2 Å². The topological polar surface area (TPSA) is 101 Å². The Hall–Kier alpha value is -3.59. The smallest absolute Gasteiger partial charge is 0.259 e. The number of pyridine rings is 1. The van der Waals surface area contributed by atoms with Crippen molar-refractivity contribution in [1.82, 2.24) is 14.8 Å². The van der Waals surface area contributed by atoms with Gasteiger partial charge >= 0.3 is 0 Å². The Bertz CT molecular complexity index is 1240. The van der Waals surface area contributed by atoms with Gasteiger partial charge in [-0.2, -0.15) is 0 Å². The molecule has 38 heavy (non-hydrogen) atoms. The Morgan fingerprint density at radius 1 is 1.24 bits per heavy atom. The molecule has 1 N–H and O–H groups in total. The molecule has 3 atom stereocenters. The second kappa shape index (κ2) is 11.0. The van der Waals surface area contributed by atoms with Gasteiger partial charge in [0.15, 0.2) is 11.5 Å². The third-order valence-corrected chi connectivity index (χ3v) is 7.60. The van der Waals surface area contributed by atoms with Crippen LogP contribution in [0.15, 0.2) is 36.5 Å². The molecule has 0 saturated carbocycles. The first-order valence-electron chi connectivity index (χ1n) is 13.3. The zero-order chi connectivity index (χ0) is 26.8. The van der Waals surface area contributed by atoms with Crippen LogP contribution in [0.5, 0.6) is 17.4 Å². The van der Waals surface area contributed by atoms with E-state index in [4.69, 9.17) is 14.2 Å². The minimum absolute atomic E-state index is 0.129. The van der Waals surface area contributed by atoms with Crippen LogP contribution in [0, 0.1) is 5.92 Å². The molecule has 1 aromatic heterocycles. The summed E-state index contributed by atoms with van der Waals surface area (Å²) < 4.78 is 17.2. The first-order valence-corrected chi connectivity index (χ1v) is 13.3. The quantitative estimate of drug-likeness (QED) is 0.618. The standard InChI is InChI=1S/C29H35N3O6/c1-18-14-32(19(2)16-33)29(35)23-11-22(20-7-5-4-6-8-20)13-30-27(23)38-26(18)15-31(3)28(34)21-9-10-24-25(12-21)37-17-36-24/h7,9-13,18-19,26,33H,4-6,8,14-17H2,1-3H3/t18-,19+,26+/m0/s1. The van der Waals surface area contributed by atoms with Gasteiger partial charge in [0, 0.05) is 31.3 Å². The van der Waals surface area contributed by atoms with E-state index in [-0.39, 0.29) is 49.6 Å². The molecule has 0 radical (unpaired) electrons. The van der Waals surface area contributed by atoms with Gasteiger partial charge in [-0.3, -0.25) is 9.59 Å². The number of aliphatic hydroxyl groups is 1. The van der Waals surface area contributed by atoms with Crippen LogP contribution < -0.4 is 14.2 Å². The Kier molecular flexibility index (Phi) is 7.56. The second-order valence-electron chi connectivity index (χ2n) is 10.4. The highest BCUT2D eigenvalue weighted by Crippen LogP contribution is 2.34. The molecule has 3 heterocycles. The van der Waals surface area contributed by atoms with Crippen LogP contribution in [-0.4, -0.2) is 77.4 Å². The predicted molar refractivity (Wildman–Crippen MR) is 141 cm³/mol. The highest BCUT2D eigenvalue weighted by molar-refractivity contribution is 5.97. The van der Waals surface area contributed by atoms with E-state index in [0.717, 1.165) is 24.8 Å². The molecule has 0 spiro atoms. The summed E-state index contributed by atoms with van der Waals surface area (Å²) in [7, 11) is 1.73. The fourth-order valence-corrected chi connectivity index (χ4v) is 5.20. The van der Waals surface area contributed by atoms with E-state index >= 15 is 0 Å². The molecule has 9 nitrogen and oxygen atoms in total. The zero-order valence-electron chi connectivity index (χ0n) is 22.2. The minimum Gasteiger partial charge on any atom is -0.472 e. The molecule has 3 aliphatic rings. The van der Waals surface area contributed by atoms with Crippen LogP contribution in [0.25, 0.3) is 5.57 Å². The van der Waals surface area contributed by atoms with Crippen LogP contribution in [0.1, 0.15) is 65.8 Å². The van der Waals surface area contributed by atoms with E-state index in [9.17, 15) is 14.7 Å². The van der Waals surface area contributed by atoms with Crippen molar-refractivity contribution >= 4 is 17.4 Å². The number of fused-ring (bicyclic) bond motifs is 2. The lowest BCUT2D eigenvalue weighted by Crippen LogP contribution is -2.50. The Morgan fingerprint density at radius 3 is 2.82 bits per heavy atom. The summed E-state index contributed by atoms with van der Waals surface area (Å²) in [4.78, 5) is 34.8. The van der Waals surface area contributed by atoms with Crippen molar-refractivity contribution in [1.29, 1.82) is 0 Å². The molecular formula is C29H35N3O6. The SMILES string of the molecule is C[C@H](CO)N1C[C@H](C)[C@@H](CN(C)C(=O)c2ccc3c(c2)OCO3)Oc2ncc(C3=CCCCC3)cc2C1=O. The molecule has 1 aromatic carbocycles. The summed E-state index contributed by atoms with van der Waals surface area (Å²) >= 11 is 0. The summed E-state index contributed by atoms with van der Waals surface area (Å²) in [5, 5.41) is 9.91. The number of amides is 2. The number of aromatic nitrogens is 1. The number of ether oxygens (including phenoxy) is 3. The van der Waals surface area contributed by atoms with Gasteiger partial charge in [0.05, 0.1) is 19.2 Å². The summed E-state index contributed by atoms with van der Waals surface area (Å²) in [6, 6.07) is 6.63. The number of likely N-dealkylation sites (N-methyl/N-ethyl adjacent to an activating group) is 1. The second-order valence-corrected chi connectivity index (χ2v) is 10.4. The van der Waals surface area contributed by atoms with Crippen molar-refractivity contribution in [3.05, 3.63) is 53.2 Å².